The number of nitrogens with one attached hydrogen (secondary N) is 1. The monoisotopic (exact) mass is 323 g/mol. The first-order valence-electron chi connectivity index (χ1n) is 7.28. The summed E-state index contributed by atoms with van der Waals surface area (Å²) in [5.41, 5.74) is 0. The Morgan fingerprint density at radius 1 is 1.33 bits per heavy atom. The zero-order valence-electron chi connectivity index (χ0n) is 12.6. The Morgan fingerprint density at radius 3 is 2.76 bits per heavy atom. The van der Waals surface area contributed by atoms with Gasteiger partial charge < -0.3 is 9.88 Å². The van der Waals surface area contributed by atoms with Crippen LogP contribution in [0.1, 0.15) is 19.2 Å². The summed E-state index contributed by atoms with van der Waals surface area (Å²) in [6.45, 7) is 3.23. The van der Waals surface area contributed by atoms with Crippen molar-refractivity contribution in [2.75, 3.05) is 12.8 Å². The number of aryl methyl sites for hydroxylation is 1. The number of aromatic nitrogens is 2. The van der Waals surface area contributed by atoms with Gasteiger partial charge in [-0.1, -0.05) is 18.5 Å². The fraction of sp³-hybridized carbons (Fsp3) is 0.438. The van der Waals surface area contributed by atoms with Gasteiger partial charge in [0.15, 0.2) is 0 Å². The van der Waals surface area contributed by atoms with Gasteiger partial charge in [0.2, 0.25) is 0 Å². The Labute approximate surface area is 136 Å². The zero-order chi connectivity index (χ0) is 15.1. The average molecular weight is 324 g/mol. The van der Waals surface area contributed by atoms with Gasteiger partial charge in [0.25, 0.3) is 0 Å². The first-order valence-corrected chi connectivity index (χ1v) is 8.65. The third-order valence-corrected chi connectivity index (χ3v) is 4.79. The van der Waals surface area contributed by atoms with E-state index in [1.807, 2.05) is 37.1 Å². The van der Waals surface area contributed by atoms with Crippen LogP contribution in [0.4, 0.5) is 0 Å². The quantitative estimate of drug-likeness (QED) is 0.748. The van der Waals surface area contributed by atoms with E-state index >= 15 is 0 Å². The van der Waals surface area contributed by atoms with Crippen molar-refractivity contribution in [3.63, 3.8) is 0 Å². The molecule has 1 unspecified atom stereocenters. The molecule has 2 aromatic rings. The summed E-state index contributed by atoms with van der Waals surface area (Å²) in [5.74, 6) is 2.17. The maximum absolute atomic E-state index is 5.91. The van der Waals surface area contributed by atoms with Gasteiger partial charge in [0, 0.05) is 47.1 Å². The van der Waals surface area contributed by atoms with E-state index in [9.17, 15) is 0 Å². The highest BCUT2D eigenvalue weighted by atomic mass is 35.5. The van der Waals surface area contributed by atoms with Crippen molar-refractivity contribution in [2.45, 2.75) is 37.2 Å². The lowest BCUT2D eigenvalue weighted by atomic mass is 10.2. The largest absolute Gasteiger partial charge is 0.335 e. The molecule has 0 saturated carbocycles. The second-order valence-electron chi connectivity index (χ2n) is 4.99. The second-order valence-corrected chi connectivity index (χ2v) is 6.52. The van der Waals surface area contributed by atoms with Crippen molar-refractivity contribution >= 4 is 23.4 Å². The molecule has 0 aliphatic heterocycles. The predicted molar refractivity (Wildman–Crippen MR) is 91.2 cm³/mol. The SMILES string of the molecule is CCCn1ccnc1CC(CSc1ccc(Cl)cc1)NC. The van der Waals surface area contributed by atoms with Gasteiger partial charge in [0.1, 0.15) is 5.82 Å². The number of thioether (sulfide) groups is 1. The maximum Gasteiger partial charge on any atom is 0.110 e. The molecule has 2 rings (SSSR count). The molecule has 0 spiro atoms. The second kappa shape index (κ2) is 8.47. The van der Waals surface area contributed by atoms with Crippen LogP contribution < -0.4 is 5.32 Å². The lowest BCUT2D eigenvalue weighted by Crippen LogP contribution is -2.31. The standard InChI is InChI=1S/C16H22ClN3S/c1-3-9-20-10-8-19-16(20)11-14(18-2)12-21-15-6-4-13(17)5-7-15/h4-8,10,14,18H,3,9,11-12H2,1-2H3. The van der Waals surface area contributed by atoms with E-state index in [-0.39, 0.29) is 0 Å². The topological polar surface area (TPSA) is 29.9 Å². The van der Waals surface area contributed by atoms with Crippen molar-refractivity contribution < 1.29 is 0 Å². The predicted octanol–water partition coefficient (Wildman–Crippen LogP) is 3.87. The molecule has 1 aromatic heterocycles. The molecule has 0 fully saturated rings. The lowest BCUT2D eigenvalue weighted by Gasteiger charge is -2.16. The summed E-state index contributed by atoms with van der Waals surface area (Å²) in [5, 5.41) is 4.17. The molecule has 0 aliphatic carbocycles. The minimum atomic E-state index is 0.406. The molecule has 0 saturated heterocycles. The summed E-state index contributed by atoms with van der Waals surface area (Å²) in [7, 11) is 2.01. The minimum absolute atomic E-state index is 0.406. The maximum atomic E-state index is 5.91. The molecule has 21 heavy (non-hydrogen) atoms. The third kappa shape index (κ3) is 5.06. The summed E-state index contributed by atoms with van der Waals surface area (Å²) in [4.78, 5) is 5.73. The van der Waals surface area contributed by atoms with Crippen molar-refractivity contribution in [1.82, 2.24) is 14.9 Å². The van der Waals surface area contributed by atoms with Crippen LogP contribution >= 0.6 is 23.4 Å². The number of benzene rings is 1. The number of nitrogens with zero attached hydrogens (tertiary/aromatic N) is 2. The molecular formula is C16H22ClN3S. The molecule has 1 N–H and O–H groups in total. The van der Waals surface area contributed by atoms with E-state index in [1.165, 1.54) is 4.90 Å². The Bertz CT molecular complexity index is 539. The fourth-order valence-corrected chi connectivity index (χ4v) is 3.30. The van der Waals surface area contributed by atoms with E-state index in [0.717, 1.165) is 36.0 Å². The van der Waals surface area contributed by atoms with Gasteiger partial charge in [-0.3, -0.25) is 0 Å². The molecule has 0 radical (unpaired) electrons. The van der Waals surface area contributed by atoms with Gasteiger partial charge in [0.05, 0.1) is 0 Å². The van der Waals surface area contributed by atoms with Gasteiger partial charge in [-0.25, -0.2) is 4.98 Å². The number of halogens is 1. The fourth-order valence-electron chi connectivity index (χ4n) is 2.17. The molecule has 0 amide bonds. The first kappa shape index (κ1) is 16.4. The molecule has 3 nitrogen and oxygen atoms in total. The van der Waals surface area contributed by atoms with Crippen LogP contribution in [0, 0.1) is 0 Å². The van der Waals surface area contributed by atoms with Crippen LogP contribution in [0.3, 0.4) is 0 Å². The van der Waals surface area contributed by atoms with Crippen LogP contribution in [0.25, 0.3) is 0 Å². The highest BCUT2D eigenvalue weighted by molar-refractivity contribution is 7.99. The molecule has 0 bridgehead atoms. The number of hydrogen-bond donors (Lipinski definition) is 1. The molecule has 5 heteroatoms. The highest BCUT2D eigenvalue weighted by Gasteiger charge is 2.12. The zero-order valence-corrected chi connectivity index (χ0v) is 14.1. The van der Waals surface area contributed by atoms with Crippen molar-refractivity contribution in [1.29, 1.82) is 0 Å². The van der Waals surface area contributed by atoms with E-state index in [2.05, 4.69) is 40.1 Å². The van der Waals surface area contributed by atoms with E-state index in [0.29, 0.717) is 6.04 Å². The van der Waals surface area contributed by atoms with Crippen LogP contribution in [0.5, 0.6) is 0 Å². The molecule has 114 valence electrons. The number of hydrogen-bond acceptors (Lipinski definition) is 3. The number of likely N-dealkylation sites (N-methyl/N-ethyl adjacent to an activating group) is 1. The molecule has 1 atom stereocenters. The van der Waals surface area contributed by atoms with Crippen molar-refractivity contribution in [2.24, 2.45) is 0 Å². The van der Waals surface area contributed by atoms with Gasteiger partial charge in [-0.05, 0) is 37.7 Å². The van der Waals surface area contributed by atoms with Crippen molar-refractivity contribution in [3.8, 4) is 0 Å². The highest BCUT2D eigenvalue weighted by Crippen LogP contribution is 2.21. The van der Waals surface area contributed by atoms with E-state index in [4.69, 9.17) is 11.6 Å². The Hall–Kier alpha value is -0.970. The number of rotatable bonds is 8. The molecular weight excluding hydrogens is 302 g/mol. The Balaban J connectivity index is 1.90. The number of imidazole rings is 1. The summed E-state index contributed by atoms with van der Waals surface area (Å²) in [6, 6.07) is 8.41. The average Bonchev–Trinajstić information content (AvgIpc) is 2.92. The Morgan fingerprint density at radius 2 is 2.10 bits per heavy atom. The minimum Gasteiger partial charge on any atom is -0.335 e. The lowest BCUT2D eigenvalue weighted by molar-refractivity contribution is 0.560. The summed E-state index contributed by atoms with van der Waals surface area (Å²) >= 11 is 7.76. The van der Waals surface area contributed by atoms with Crippen LogP contribution in [-0.4, -0.2) is 28.4 Å². The van der Waals surface area contributed by atoms with Crippen LogP contribution in [-0.2, 0) is 13.0 Å². The van der Waals surface area contributed by atoms with E-state index < -0.39 is 0 Å². The third-order valence-electron chi connectivity index (χ3n) is 3.37. The smallest absolute Gasteiger partial charge is 0.110 e. The molecule has 1 aromatic carbocycles. The first-order chi connectivity index (χ1) is 10.2. The van der Waals surface area contributed by atoms with Gasteiger partial charge >= 0.3 is 0 Å². The normalized spacial score (nSPS) is 12.5. The molecule has 1 heterocycles. The molecule has 0 aliphatic rings. The van der Waals surface area contributed by atoms with Crippen LogP contribution in [0.2, 0.25) is 5.02 Å². The van der Waals surface area contributed by atoms with Crippen LogP contribution in [0.15, 0.2) is 41.6 Å². The van der Waals surface area contributed by atoms with Crippen molar-refractivity contribution in [3.05, 3.63) is 47.5 Å². The summed E-state index contributed by atoms with van der Waals surface area (Å²) in [6.07, 6.45) is 6.04. The Kier molecular flexibility index (Phi) is 6.61. The summed E-state index contributed by atoms with van der Waals surface area (Å²) < 4.78 is 2.25. The van der Waals surface area contributed by atoms with Gasteiger partial charge in [-0.2, -0.15) is 0 Å². The van der Waals surface area contributed by atoms with Gasteiger partial charge in [-0.15, -0.1) is 11.8 Å². The van der Waals surface area contributed by atoms with E-state index in [1.54, 1.807) is 0 Å².